The third kappa shape index (κ3) is 52.1. The van der Waals surface area contributed by atoms with Crippen LogP contribution >= 0.6 is 0 Å². The fraction of sp³-hybridized carbons (Fsp3) is 0.951. The summed E-state index contributed by atoms with van der Waals surface area (Å²) in [5, 5.41) is 0. The molecule has 0 radical (unpaired) electrons. The summed E-state index contributed by atoms with van der Waals surface area (Å²) in [6.07, 6.45) is 57.9. The maximum atomic E-state index is 12.9. The molecule has 0 aromatic rings. The lowest BCUT2D eigenvalue weighted by Crippen LogP contribution is -2.30. The summed E-state index contributed by atoms with van der Waals surface area (Å²) in [6, 6.07) is 0. The van der Waals surface area contributed by atoms with E-state index in [0.717, 1.165) is 69.6 Å². The van der Waals surface area contributed by atoms with Gasteiger partial charge in [-0.1, -0.05) is 304 Å². The molecule has 6 heteroatoms. The van der Waals surface area contributed by atoms with E-state index in [-0.39, 0.29) is 31.1 Å². The van der Waals surface area contributed by atoms with Crippen LogP contribution < -0.4 is 0 Å². The second-order valence-corrected chi connectivity index (χ2v) is 21.5. The van der Waals surface area contributed by atoms with E-state index in [4.69, 9.17) is 14.2 Å². The van der Waals surface area contributed by atoms with Gasteiger partial charge >= 0.3 is 17.9 Å². The molecule has 67 heavy (non-hydrogen) atoms. The average Bonchev–Trinajstić information content (AvgIpc) is 3.33. The zero-order valence-corrected chi connectivity index (χ0v) is 46.0. The highest BCUT2D eigenvalue weighted by Crippen LogP contribution is 2.19. The van der Waals surface area contributed by atoms with Crippen LogP contribution in [0.15, 0.2) is 0 Å². The standard InChI is InChI=1S/C61H118O6/c1-6-9-10-11-12-13-14-15-16-17-18-22-25-31-36-41-46-51-59(62)65-54-58(55-66-60(63)52-47-42-37-32-28-27-30-35-40-45-50-57(5)8-3)67-61(64)53-48-43-38-33-26-23-20-19-21-24-29-34-39-44-49-56(4)7-2/h56-58H,6-55H2,1-5H3/t56?,57?,58-/m0/s1. The Morgan fingerprint density at radius 1 is 0.299 bits per heavy atom. The van der Waals surface area contributed by atoms with Crippen LogP contribution in [0.3, 0.4) is 0 Å². The molecule has 0 saturated heterocycles. The van der Waals surface area contributed by atoms with Gasteiger partial charge in [-0.15, -0.1) is 0 Å². The number of ether oxygens (including phenoxy) is 3. The molecular formula is C61H118O6. The molecule has 0 aliphatic heterocycles. The smallest absolute Gasteiger partial charge is 0.306 e. The zero-order chi connectivity index (χ0) is 48.9. The van der Waals surface area contributed by atoms with Crippen molar-refractivity contribution in [2.75, 3.05) is 13.2 Å². The van der Waals surface area contributed by atoms with Crippen LogP contribution in [0.25, 0.3) is 0 Å². The zero-order valence-electron chi connectivity index (χ0n) is 46.0. The van der Waals surface area contributed by atoms with Crippen molar-refractivity contribution in [1.82, 2.24) is 0 Å². The van der Waals surface area contributed by atoms with E-state index in [1.54, 1.807) is 0 Å². The molecule has 0 N–H and O–H groups in total. The molecule has 3 atom stereocenters. The van der Waals surface area contributed by atoms with Gasteiger partial charge in [0.1, 0.15) is 13.2 Å². The van der Waals surface area contributed by atoms with Gasteiger partial charge in [0, 0.05) is 19.3 Å². The maximum absolute atomic E-state index is 12.9. The molecule has 0 bridgehead atoms. The minimum Gasteiger partial charge on any atom is -0.462 e. The summed E-state index contributed by atoms with van der Waals surface area (Å²) in [7, 11) is 0. The van der Waals surface area contributed by atoms with Crippen LogP contribution in [0.2, 0.25) is 0 Å². The average molecular weight is 948 g/mol. The summed E-state index contributed by atoms with van der Waals surface area (Å²) in [4.78, 5) is 38.2. The first kappa shape index (κ1) is 65.4. The first-order chi connectivity index (χ1) is 32.8. The van der Waals surface area contributed by atoms with Crippen molar-refractivity contribution in [2.45, 2.75) is 349 Å². The second-order valence-electron chi connectivity index (χ2n) is 21.5. The summed E-state index contributed by atoms with van der Waals surface area (Å²) < 4.78 is 16.9. The molecule has 0 aliphatic rings. The number of hydrogen-bond donors (Lipinski definition) is 0. The van der Waals surface area contributed by atoms with Crippen LogP contribution in [0, 0.1) is 11.8 Å². The summed E-state index contributed by atoms with van der Waals surface area (Å²) in [5.74, 6) is 0.928. The number of hydrogen-bond acceptors (Lipinski definition) is 6. The minimum atomic E-state index is -0.763. The van der Waals surface area contributed by atoms with E-state index in [1.807, 2.05) is 0 Å². The van der Waals surface area contributed by atoms with E-state index in [2.05, 4.69) is 34.6 Å². The van der Waals surface area contributed by atoms with Crippen LogP contribution in [0.4, 0.5) is 0 Å². The summed E-state index contributed by atoms with van der Waals surface area (Å²) >= 11 is 0. The second kappa shape index (κ2) is 53.8. The third-order valence-corrected chi connectivity index (χ3v) is 14.7. The van der Waals surface area contributed by atoms with Gasteiger partial charge in [-0.2, -0.15) is 0 Å². The predicted octanol–water partition coefficient (Wildman–Crippen LogP) is 20.0. The fourth-order valence-corrected chi connectivity index (χ4v) is 9.34. The largest absolute Gasteiger partial charge is 0.462 e. The number of carbonyl (C=O) groups excluding carboxylic acids is 3. The Balaban J connectivity index is 4.30. The van der Waals surface area contributed by atoms with E-state index in [1.165, 1.54) is 231 Å². The molecule has 0 amide bonds. The molecule has 0 aliphatic carbocycles. The molecule has 0 aromatic heterocycles. The van der Waals surface area contributed by atoms with Gasteiger partial charge in [0.25, 0.3) is 0 Å². The van der Waals surface area contributed by atoms with Crippen LogP contribution in [-0.4, -0.2) is 37.2 Å². The van der Waals surface area contributed by atoms with Crippen LogP contribution in [0.5, 0.6) is 0 Å². The van der Waals surface area contributed by atoms with Crippen molar-refractivity contribution in [1.29, 1.82) is 0 Å². The highest BCUT2D eigenvalue weighted by Gasteiger charge is 2.19. The van der Waals surface area contributed by atoms with Crippen LogP contribution in [0.1, 0.15) is 343 Å². The molecule has 2 unspecified atom stereocenters. The van der Waals surface area contributed by atoms with Gasteiger partial charge in [-0.25, -0.2) is 0 Å². The Morgan fingerprint density at radius 3 is 0.776 bits per heavy atom. The van der Waals surface area contributed by atoms with Crippen molar-refractivity contribution in [3.8, 4) is 0 Å². The van der Waals surface area contributed by atoms with Crippen molar-refractivity contribution in [2.24, 2.45) is 11.8 Å². The Labute approximate surface area is 418 Å². The molecule has 0 fully saturated rings. The number of carbonyl (C=O) groups is 3. The normalized spacial score (nSPS) is 12.9. The lowest BCUT2D eigenvalue weighted by Gasteiger charge is -2.18. The van der Waals surface area contributed by atoms with Crippen molar-refractivity contribution in [3.05, 3.63) is 0 Å². The van der Waals surface area contributed by atoms with E-state index < -0.39 is 6.10 Å². The van der Waals surface area contributed by atoms with Crippen molar-refractivity contribution in [3.63, 3.8) is 0 Å². The van der Waals surface area contributed by atoms with Gasteiger partial charge in [0.2, 0.25) is 0 Å². The Kier molecular flexibility index (Phi) is 52.5. The molecule has 398 valence electrons. The van der Waals surface area contributed by atoms with Gasteiger partial charge in [0.15, 0.2) is 6.10 Å². The fourth-order valence-electron chi connectivity index (χ4n) is 9.34. The lowest BCUT2D eigenvalue weighted by atomic mass is 9.99. The SMILES string of the molecule is CCCCCCCCCCCCCCCCCCCC(=O)OC[C@@H](COC(=O)CCCCCCCCCCCCC(C)CC)OC(=O)CCCCCCCCCCCCCCCCC(C)CC. The number of unbranched alkanes of at least 4 members (excludes halogenated alkanes) is 38. The predicted molar refractivity (Wildman–Crippen MR) is 289 cm³/mol. The highest BCUT2D eigenvalue weighted by atomic mass is 16.6. The highest BCUT2D eigenvalue weighted by molar-refractivity contribution is 5.71. The molecular weight excluding hydrogens is 829 g/mol. The Hall–Kier alpha value is -1.59. The molecule has 0 spiro atoms. The third-order valence-electron chi connectivity index (χ3n) is 14.7. The minimum absolute atomic E-state index is 0.0624. The summed E-state index contributed by atoms with van der Waals surface area (Å²) in [6.45, 7) is 11.5. The maximum Gasteiger partial charge on any atom is 0.306 e. The number of rotatable bonds is 55. The quantitative estimate of drug-likeness (QED) is 0.0343. The van der Waals surface area contributed by atoms with E-state index in [0.29, 0.717) is 19.3 Å². The molecule has 6 nitrogen and oxygen atoms in total. The summed E-state index contributed by atoms with van der Waals surface area (Å²) in [5.41, 5.74) is 0. The van der Waals surface area contributed by atoms with Gasteiger partial charge in [-0.05, 0) is 31.1 Å². The van der Waals surface area contributed by atoms with Crippen LogP contribution in [-0.2, 0) is 28.6 Å². The molecule has 0 aromatic carbocycles. The molecule has 0 saturated carbocycles. The first-order valence-electron chi connectivity index (χ1n) is 30.3. The Bertz CT molecular complexity index is 1030. The van der Waals surface area contributed by atoms with E-state index in [9.17, 15) is 14.4 Å². The molecule has 0 heterocycles. The Morgan fingerprint density at radius 2 is 0.522 bits per heavy atom. The number of esters is 3. The lowest BCUT2D eigenvalue weighted by molar-refractivity contribution is -0.167. The van der Waals surface area contributed by atoms with Gasteiger partial charge < -0.3 is 14.2 Å². The van der Waals surface area contributed by atoms with Crippen molar-refractivity contribution < 1.29 is 28.6 Å². The first-order valence-corrected chi connectivity index (χ1v) is 30.3. The van der Waals surface area contributed by atoms with E-state index >= 15 is 0 Å². The monoisotopic (exact) mass is 947 g/mol. The van der Waals surface area contributed by atoms with Gasteiger partial charge in [-0.3, -0.25) is 14.4 Å². The molecule has 0 rings (SSSR count). The van der Waals surface area contributed by atoms with Gasteiger partial charge in [0.05, 0.1) is 0 Å². The topological polar surface area (TPSA) is 78.9 Å². The van der Waals surface area contributed by atoms with Crippen molar-refractivity contribution >= 4 is 17.9 Å².